The second-order valence-corrected chi connectivity index (χ2v) is 6.44. The standard InChI is InChI=1S/C18H18BrNO2/c1-12-9-15(6-8-17(12)19)20-18(21)11-22-16-7-5-13-3-2-4-14(13)10-16/h5-10H,2-4,11H2,1H3,(H,20,21). The number of nitrogens with one attached hydrogen (secondary N) is 1. The number of ether oxygens (including phenoxy) is 1. The topological polar surface area (TPSA) is 38.3 Å². The van der Waals surface area contributed by atoms with Crippen LogP contribution in [0.2, 0.25) is 0 Å². The molecule has 0 aromatic heterocycles. The maximum Gasteiger partial charge on any atom is 0.262 e. The second-order valence-electron chi connectivity index (χ2n) is 5.58. The predicted molar refractivity (Wildman–Crippen MR) is 91.5 cm³/mol. The Morgan fingerprint density at radius 2 is 2.00 bits per heavy atom. The molecule has 2 aromatic rings. The molecular weight excluding hydrogens is 342 g/mol. The number of anilines is 1. The first-order valence-corrected chi connectivity index (χ1v) is 8.22. The first-order chi connectivity index (χ1) is 10.6. The van der Waals surface area contributed by atoms with Gasteiger partial charge in [0.15, 0.2) is 6.61 Å². The molecule has 3 nitrogen and oxygen atoms in total. The minimum absolute atomic E-state index is 0.0217. The lowest BCUT2D eigenvalue weighted by molar-refractivity contribution is -0.118. The Morgan fingerprint density at radius 1 is 1.18 bits per heavy atom. The van der Waals surface area contributed by atoms with Crippen LogP contribution < -0.4 is 10.1 Å². The molecule has 114 valence electrons. The summed E-state index contributed by atoms with van der Waals surface area (Å²) in [6, 6.07) is 11.8. The van der Waals surface area contributed by atoms with Crippen molar-refractivity contribution in [1.29, 1.82) is 0 Å². The van der Waals surface area contributed by atoms with E-state index in [1.807, 2.05) is 31.2 Å². The van der Waals surface area contributed by atoms with E-state index in [2.05, 4.69) is 33.4 Å². The second kappa shape index (κ2) is 6.53. The number of rotatable bonds is 4. The van der Waals surface area contributed by atoms with Gasteiger partial charge in [0.25, 0.3) is 5.91 Å². The van der Waals surface area contributed by atoms with Crippen molar-refractivity contribution in [3.8, 4) is 5.75 Å². The molecule has 0 bridgehead atoms. The molecule has 22 heavy (non-hydrogen) atoms. The van der Waals surface area contributed by atoms with Crippen LogP contribution in [-0.4, -0.2) is 12.5 Å². The molecule has 0 spiro atoms. The average Bonchev–Trinajstić information content (AvgIpc) is 2.96. The molecule has 1 N–H and O–H groups in total. The number of amides is 1. The fraction of sp³-hybridized carbons (Fsp3) is 0.278. The molecule has 0 unspecified atom stereocenters. The molecule has 0 radical (unpaired) electrons. The summed E-state index contributed by atoms with van der Waals surface area (Å²) in [6.45, 7) is 2.01. The number of aryl methyl sites for hydroxylation is 3. The van der Waals surface area contributed by atoms with Gasteiger partial charge in [0.05, 0.1) is 0 Å². The summed E-state index contributed by atoms with van der Waals surface area (Å²) in [5.74, 6) is 0.616. The van der Waals surface area contributed by atoms with Gasteiger partial charge in [0, 0.05) is 10.2 Å². The van der Waals surface area contributed by atoms with E-state index in [9.17, 15) is 4.79 Å². The highest BCUT2D eigenvalue weighted by atomic mass is 79.9. The maximum atomic E-state index is 12.0. The van der Waals surface area contributed by atoms with Crippen LogP contribution in [0.15, 0.2) is 40.9 Å². The highest BCUT2D eigenvalue weighted by Crippen LogP contribution is 2.26. The molecule has 1 aliphatic carbocycles. The van der Waals surface area contributed by atoms with Crippen LogP contribution in [0.25, 0.3) is 0 Å². The molecule has 0 saturated carbocycles. The summed E-state index contributed by atoms with van der Waals surface area (Å²) in [6.07, 6.45) is 3.47. The quantitative estimate of drug-likeness (QED) is 0.885. The van der Waals surface area contributed by atoms with E-state index in [4.69, 9.17) is 4.74 Å². The third kappa shape index (κ3) is 3.50. The Balaban J connectivity index is 1.57. The number of hydrogen-bond acceptors (Lipinski definition) is 2. The Morgan fingerprint density at radius 3 is 2.82 bits per heavy atom. The van der Waals surface area contributed by atoms with Crippen LogP contribution in [0.1, 0.15) is 23.1 Å². The number of carbonyl (C=O) groups is 1. The summed E-state index contributed by atoms with van der Waals surface area (Å²) in [5, 5.41) is 2.85. The lowest BCUT2D eigenvalue weighted by Gasteiger charge is -2.10. The zero-order chi connectivity index (χ0) is 15.5. The molecule has 1 amide bonds. The van der Waals surface area contributed by atoms with Crippen LogP contribution in [0.4, 0.5) is 5.69 Å². The smallest absolute Gasteiger partial charge is 0.262 e. The molecule has 4 heteroatoms. The Hall–Kier alpha value is -1.81. The van der Waals surface area contributed by atoms with Gasteiger partial charge >= 0.3 is 0 Å². The van der Waals surface area contributed by atoms with Crippen molar-refractivity contribution in [3.63, 3.8) is 0 Å². The molecular formula is C18H18BrNO2. The summed E-state index contributed by atoms with van der Waals surface area (Å²) >= 11 is 3.44. The predicted octanol–water partition coefficient (Wildman–Crippen LogP) is 4.26. The van der Waals surface area contributed by atoms with Crippen molar-refractivity contribution in [1.82, 2.24) is 0 Å². The van der Waals surface area contributed by atoms with Gasteiger partial charge in [-0.15, -0.1) is 0 Å². The molecule has 1 aliphatic rings. The summed E-state index contributed by atoms with van der Waals surface area (Å²) in [4.78, 5) is 12.0. The van der Waals surface area contributed by atoms with Crippen molar-refractivity contribution in [2.45, 2.75) is 26.2 Å². The summed E-state index contributed by atoms with van der Waals surface area (Å²) in [7, 11) is 0. The number of fused-ring (bicyclic) bond motifs is 1. The third-order valence-electron chi connectivity index (χ3n) is 3.88. The fourth-order valence-corrected chi connectivity index (χ4v) is 2.95. The van der Waals surface area contributed by atoms with Crippen LogP contribution in [0.5, 0.6) is 5.75 Å². The van der Waals surface area contributed by atoms with Crippen molar-refractivity contribution in [2.24, 2.45) is 0 Å². The highest BCUT2D eigenvalue weighted by molar-refractivity contribution is 9.10. The molecule has 3 rings (SSSR count). The van der Waals surface area contributed by atoms with Crippen molar-refractivity contribution in [2.75, 3.05) is 11.9 Å². The van der Waals surface area contributed by atoms with Gasteiger partial charge in [-0.3, -0.25) is 4.79 Å². The van der Waals surface area contributed by atoms with Crippen molar-refractivity contribution < 1.29 is 9.53 Å². The third-order valence-corrected chi connectivity index (χ3v) is 4.77. The zero-order valence-corrected chi connectivity index (χ0v) is 14.1. The van der Waals surface area contributed by atoms with Gasteiger partial charge in [0.1, 0.15) is 5.75 Å². The van der Waals surface area contributed by atoms with Gasteiger partial charge in [-0.25, -0.2) is 0 Å². The molecule has 0 aliphatic heterocycles. The van der Waals surface area contributed by atoms with E-state index >= 15 is 0 Å². The zero-order valence-electron chi connectivity index (χ0n) is 12.5. The van der Waals surface area contributed by atoms with Gasteiger partial charge < -0.3 is 10.1 Å². The van der Waals surface area contributed by atoms with E-state index in [0.717, 1.165) is 34.3 Å². The first kappa shape index (κ1) is 15.1. The van der Waals surface area contributed by atoms with Gasteiger partial charge in [-0.2, -0.15) is 0 Å². The lowest BCUT2D eigenvalue weighted by atomic mass is 10.1. The van der Waals surface area contributed by atoms with E-state index in [1.165, 1.54) is 17.5 Å². The van der Waals surface area contributed by atoms with E-state index in [0.29, 0.717) is 0 Å². The number of halogens is 1. The Labute approximate surface area is 138 Å². The van der Waals surface area contributed by atoms with Gasteiger partial charge in [0.2, 0.25) is 0 Å². The number of benzene rings is 2. The summed E-state index contributed by atoms with van der Waals surface area (Å²) in [5.41, 5.74) is 4.61. The molecule has 2 aromatic carbocycles. The maximum absolute atomic E-state index is 12.0. The van der Waals surface area contributed by atoms with Gasteiger partial charge in [-0.05, 0) is 73.2 Å². The lowest BCUT2D eigenvalue weighted by Crippen LogP contribution is -2.20. The van der Waals surface area contributed by atoms with E-state index in [-0.39, 0.29) is 12.5 Å². The highest BCUT2D eigenvalue weighted by Gasteiger charge is 2.12. The first-order valence-electron chi connectivity index (χ1n) is 7.42. The molecule has 0 heterocycles. The SMILES string of the molecule is Cc1cc(NC(=O)COc2ccc3c(c2)CCC3)ccc1Br. The summed E-state index contributed by atoms with van der Waals surface area (Å²) < 4.78 is 6.63. The van der Waals surface area contributed by atoms with Gasteiger partial charge in [-0.1, -0.05) is 22.0 Å². The Kier molecular flexibility index (Phi) is 4.48. The van der Waals surface area contributed by atoms with Crippen LogP contribution in [0, 0.1) is 6.92 Å². The largest absolute Gasteiger partial charge is 0.484 e. The van der Waals surface area contributed by atoms with Crippen LogP contribution in [-0.2, 0) is 17.6 Å². The van der Waals surface area contributed by atoms with Crippen molar-refractivity contribution in [3.05, 3.63) is 57.6 Å². The average molecular weight is 360 g/mol. The monoisotopic (exact) mass is 359 g/mol. The van der Waals surface area contributed by atoms with Crippen LogP contribution in [0.3, 0.4) is 0 Å². The van der Waals surface area contributed by atoms with E-state index < -0.39 is 0 Å². The Bertz CT molecular complexity index is 712. The molecule has 0 saturated heterocycles. The van der Waals surface area contributed by atoms with Crippen LogP contribution >= 0.6 is 15.9 Å². The number of carbonyl (C=O) groups excluding carboxylic acids is 1. The van der Waals surface area contributed by atoms with E-state index in [1.54, 1.807) is 0 Å². The molecule has 0 fully saturated rings. The minimum atomic E-state index is -0.151. The van der Waals surface area contributed by atoms with Crippen molar-refractivity contribution >= 4 is 27.5 Å². The fourth-order valence-electron chi connectivity index (χ4n) is 2.71. The minimum Gasteiger partial charge on any atom is -0.484 e. The number of hydrogen-bond donors (Lipinski definition) is 1. The normalized spacial score (nSPS) is 12.8. The molecule has 0 atom stereocenters.